The molecule has 2 saturated carbocycles. The molecule has 0 radical (unpaired) electrons. The molecule has 2 aliphatic carbocycles. The number of carbonyl (C=O) groups excluding carboxylic acids is 2. The molecule has 0 saturated heterocycles. The van der Waals surface area contributed by atoms with Gasteiger partial charge in [0.1, 0.15) is 6.54 Å². The summed E-state index contributed by atoms with van der Waals surface area (Å²) in [6, 6.07) is 2.34. The van der Waals surface area contributed by atoms with E-state index in [-0.39, 0.29) is 18.4 Å². The number of aryl methyl sites for hydroxylation is 1. The van der Waals surface area contributed by atoms with E-state index in [9.17, 15) is 9.59 Å². The number of nitrogens with one attached hydrogen (secondary N) is 1. The van der Waals surface area contributed by atoms with Crippen LogP contribution in [0.4, 0.5) is 5.69 Å². The molecule has 1 aromatic rings. The molecule has 5 heteroatoms. The van der Waals surface area contributed by atoms with Crippen LogP contribution in [-0.4, -0.2) is 24.4 Å². The molecule has 4 rings (SSSR count). The first-order chi connectivity index (χ1) is 11.7. The van der Waals surface area contributed by atoms with Crippen molar-refractivity contribution in [2.75, 3.05) is 11.4 Å². The Balaban J connectivity index is 1.34. The second-order valence-electron chi connectivity index (χ2n) is 7.53. The van der Waals surface area contributed by atoms with Crippen molar-refractivity contribution in [1.82, 2.24) is 5.32 Å². The van der Waals surface area contributed by atoms with Crippen LogP contribution in [0.2, 0.25) is 0 Å². The molecule has 1 aliphatic heterocycles. The van der Waals surface area contributed by atoms with Crippen molar-refractivity contribution in [2.45, 2.75) is 63.8 Å². The van der Waals surface area contributed by atoms with E-state index in [2.05, 4.69) is 5.32 Å². The molecule has 1 aromatic heterocycles. The number of anilines is 1. The molecule has 4 nitrogen and oxygen atoms in total. The minimum absolute atomic E-state index is 0.00529. The van der Waals surface area contributed by atoms with E-state index in [0.29, 0.717) is 18.4 Å². The predicted octanol–water partition coefficient (Wildman–Crippen LogP) is 3.50. The zero-order valence-corrected chi connectivity index (χ0v) is 14.9. The van der Waals surface area contributed by atoms with Gasteiger partial charge in [-0.1, -0.05) is 32.1 Å². The van der Waals surface area contributed by atoms with Gasteiger partial charge in [-0.2, -0.15) is 0 Å². The normalized spacial score (nSPS) is 27.5. The molecule has 2 amide bonds. The zero-order chi connectivity index (χ0) is 16.5. The van der Waals surface area contributed by atoms with Crippen molar-refractivity contribution in [1.29, 1.82) is 0 Å². The Labute approximate surface area is 147 Å². The van der Waals surface area contributed by atoms with Gasteiger partial charge in [0, 0.05) is 17.3 Å². The topological polar surface area (TPSA) is 49.4 Å². The van der Waals surface area contributed by atoms with Gasteiger partial charge in [0.2, 0.25) is 11.8 Å². The van der Waals surface area contributed by atoms with Gasteiger partial charge in [-0.15, -0.1) is 11.3 Å². The minimum Gasteiger partial charge on any atom is -0.352 e. The van der Waals surface area contributed by atoms with Crippen molar-refractivity contribution in [3.63, 3.8) is 0 Å². The first-order valence-corrected chi connectivity index (χ1v) is 10.3. The average Bonchev–Trinajstić information content (AvgIpc) is 3.23. The molecule has 24 heavy (non-hydrogen) atoms. The van der Waals surface area contributed by atoms with Crippen LogP contribution in [0.1, 0.15) is 56.2 Å². The molecule has 2 heterocycles. The summed E-state index contributed by atoms with van der Waals surface area (Å²) in [5, 5.41) is 5.21. The van der Waals surface area contributed by atoms with Crippen LogP contribution in [-0.2, 0) is 16.0 Å². The number of fused-ring (bicyclic) bond motifs is 1. The van der Waals surface area contributed by atoms with Gasteiger partial charge in [-0.3, -0.25) is 9.59 Å². The second-order valence-corrected chi connectivity index (χ2v) is 8.53. The summed E-state index contributed by atoms with van der Waals surface area (Å²) in [6.07, 6.45) is 10.3. The maximum absolute atomic E-state index is 12.5. The molecule has 2 fully saturated rings. The Morgan fingerprint density at radius 1 is 1.21 bits per heavy atom. The van der Waals surface area contributed by atoms with E-state index in [0.717, 1.165) is 30.9 Å². The van der Waals surface area contributed by atoms with Crippen LogP contribution in [0.25, 0.3) is 0 Å². The van der Waals surface area contributed by atoms with E-state index < -0.39 is 0 Å². The Bertz CT molecular complexity index is 621. The predicted molar refractivity (Wildman–Crippen MR) is 96.2 cm³/mol. The molecule has 0 aromatic carbocycles. The number of thiophene rings is 1. The fourth-order valence-electron chi connectivity index (χ4n) is 4.46. The lowest BCUT2D eigenvalue weighted by molar-refractivity contribution is -0.124. The SMILES string of the molecule is O=C(CN1C(=O)CCCc2sccc21)N[C@@H]1C[C@H]1C1CCCCC1. The van der Waals surface area contributed by atoms with Crippen LogP contribution in [0.3, 0.4) is 0 Å². The van der Waals surface area contributed by atoms with E-state index in [1.165, 1.54) is 37.0 Å². The van der Waals surface area contributed by atoms with Crippen LogP contribution in [0, 0.1) is 11.8 Å². The third kappa shape index (κ3) is 3.37. The lowest BCUT2D eigenvalue weighted by atomic mass is 9.85. The molecule has 130 valence electrons. The highest BCUT2D eigenvalue weighted by atomic mass is 32.1. The highest BCUT2D eigenvalue weighted by Crippen LogP contribution is 2.44. The van der Waals surface area contributed by atoms with E-state index in [1.807, 2.05) is 11.4 Å². The molecular formula is C19H26N2O2S. The number of hydrogen-bond acceptors (Lipinski definition) is 3. The summed E-state index contributed by atoms with van der Waals surface area (Å²) in [5.74, 6) is 1.59. The number of nitrogens with zero attached hydrogens (tertiary/aromatic N) is 1. The van der Waals surface area contributed by atoms with Crippen molar-refractivity contribution >= 4 is 28.8 Å². The van der Waals surface area contributed by atoms with Gasteiger partial charge in [-0.05, 0) is 42.5 Å². The fourth-order valence-corrected chi connectivity index (χ4v) is 5.39. The summed E-state index contributed by atoms with van der Waals surface area (Å²) in [5.41, 5.74) is 0.956. The maximum atomic E-state index is 12.5. The second kappa shape index (κ2) is 6.87. The van der Waals surface area contributed by atoms with Gasteiger partial charge in [0.05, 0.1) is 5.69 Å². The summed E-state index contributed by atoms with van der Waals surface area (Å²) in [4.78, 5) is 27.8. The van der Waals surface area contributed by atoms with Crippen molar-refractivity contribution in [3.05, 3.63) is 16.3 Å². The van der Waals surface area contributed by atoms with Gasteiger partial charge >= 0.3 is 0 Å². The molecular weight excluding hydrogens is 320 g/mol. The Morgan fingerprint density at radius 2 is 2.04 bits per heavy atom. The van der Waals surface area contributed by atoms with Gasteiger partial charge in [-0.25, -0.2) is 0 Å². The Kier molecular flexibility index (Phi) is 4.61. The van der Waals surface area contributed by atoms with E-state index in [4.69, 9.17) is 0 Å². The molecule has 0 bridgehead atoms. The molecule has 2 atom stereocenters. The lowest BCUT2D eigenvalue weighted by Gasteiger charge is -2.23. The lowest BCUT2D eigenvalue weighted by Crippen LogP contribution is -2.41. The molecule has 3 aliphatic rings. The average molecular weight is 346 g/mol. The molecule has 0 unspecified atom stereocenters. The summed E-state index contributed by atoms with van der Waals surface area (Å²) >= 11 is 1.69. The van der Waals surface area contributed by atoms with Crippen molar-refractivity contribution in [3.8, 4) is 0 Å². The third-order valence-electron chi connectivity index (χ3n) is 5.85. The van der Waals surface area contributed by atoms with Crippen molar-refractivity contribution in [2.24, 2.45) is 11.8 Å². The highest BCUT2D eigenvalue weighted by Gasteiger charge is 2.44. The summed E-state index contributed by atoms with van der Waals surface area (Å²) < 4.78 is 0. The first kappa shape index (κ1) is 16.1. The van der Waals surface area contributed by atoms with Crippen LogP contribution in [0.15, 0.2) is 11.4 Å². The smallest absolute Gasteiger partial charge is 0.240 e. The Hall–Kier alpha value is -1.36. The van der Waals surface area contributed by atoms with Crippen LogP contribution >= 0.6 is 11.3 Å². The van der Waals surface area contributed by atoms with Gasteiger partial charge in [0.25, 0.3) is 0 Å². The highest BCUT2D eigenvalue weighted by molar-refractivity contribution is 7.10. The quantitative estimate of drug-likeness (QED) is 0.907. The number of carbonyl (C=O) groups is 2. The number of hydrogen-bond donors (Lipinski definition) is 1. The van der Waals surface area contributed by atoms with Gasteiger partial charge < -0.3 is 10.2 Å². The minimum atomic E-state index is 0.00529. The van der Waals surface area contributed by atoms with Gasteiger partial charge in [0.15, 0.2) is 0 Å². The maximum Gasteiger partial charge on any atom is 0.240 e. The summed E-state index contributed by atoms with van der Waals surface area (Å²) in [7, 11) is 0. The van der Waals surface area contributed by atoms with Crippen LogP contribution < -0.4 is 10.2 Å². The molecule has 0 spiro atoms. The zero-order valence-electron chi connectivity index (χ0n) is 14.1. The Morgan fingerprint density at radius 3 is 2.88 bits per heavy atom. The third-order valence-corrected chi connectivity index (χ3v) is 6.82. The standard InChI is InChI=1S/C19H26N2O2S/c22-18(20-15-11-14(15)13-5-2-1-3-6-13)12-21-16-9-10-24-17(16)7-4-8-19(21)23/h9-10,13-15H,1-8,11-12H2,(H,20,22)/t14-,15+/m0/s1. The van der Waals surface area contributed by atoms with E-state index >= 15 is 0 Å². The first-order valence-electron chi connectivity index (χ1n) is 9.38. The van der Waals surface area contributed by atoms with E-state index in [1.54, 1.807) is 16.2 Å². The largest absolute Gasteiger partial charge is 0.352 e. The van der Waals surface area contributed by atoms with Crippen LogP contribution in [0.5, 0.6) is 0 Å². The monoisotopic (exact) mass is 346 g/mol. The van der Waals surface area contributed by atoms with Crippen molar-refractivity contribution < 1.29 is 9.59 Å². The molecule has 1 N–H and O–H groups in total. The number of amides is 2. The number of rotatable bonds is 4. The fraction of sp³-hybridized carbons (Fsp3) is 0.684. The summed E-state index contributed by atoms with van der Waals surface area (Å²) in [6.45, 7) is 0.177.